The number of rotatable bonds is 5. The molecule has 0 aromatic rings. The third-order valence-corrected chi connectivity index (χ3v) is 1.48. The van der Waals surface area contributed by atoms with Crippen LogP contribution >= 0.6 is 0 Å². The summed E-state index contributed by atoms with van der Waals surface area (Å²) in [7, 11) is 0. The highest BCUT2D eigenvalue weighted by atomic mass is 16.5. The normalized spacial score (nSPS) is 11.4. The zero-order valence-electron chi connectivity index (χ0n) is 8.75. The van der Waals surface area contributed by atoms with Gasteiger partial charge in [-0.1, -0.05) is 37.5 Å². The molecule has 0 aliphatic heterocycles. The maximum atomic E-state index is 11.0. The highest BCUT2D eigenvalue weighted by molar-refractivity contribution is 5.87. The number of hydrogen-bond acceptors (Lipinski definition) is 2. The first-order chi connectivity index (χ1) is 6.61. The van der Waals surface area contributed by atoms with Crippen molar-refractivity contribution in [3.05, 3.63) is 48.6 Å². The minimum absolute atomic E-state index is 0.236. The number of ether oxygens (including phenoxy) is 1. The van der Waals surface area contributed by atoms with Gasteiger partial charge >= 0.3 is 5.97 Å². The van der Waals surface area contributed by atoms with Gasteiger partial charge in [-0.2, -0.15) is 0 Å². The molecule has 0 spiro atoms. The number of allylic oxidation sites excluding steroid dienone is 3. The average molecular weight is 192 g/mol. The van der Waals surface area contributed by atoms with E-state index in [1.807, 2.05) is 25.2 Å². The quantitative estimate of drug-likeness (QED) is 0.380. The molecule has 0 rings (SSSR count). The van der Waals surface area contributed by atoms with E-state index in [9.17, 15) is 4.79 Å². The molecule has 2 heteroatoms. The number of carbonyl (C=O) groups excluding carboxylic acids is 1. The first kappa shape index (κ1) is 12.4. The van der Waals surface area contributed by atoms with Gasteiger partial charge in [0.2, 0.25) is 0 Å². The Kier molecular flexibility index (Phi) is 6.12. The molecule has 0 radical (unpaired) electrons. The molecule has 0 atom stereocenters. The fourth-order valence-corrected chi connectivity index (χ4v) is 0.667. The van der Waals surface area contributed by atoms with Crippen LogP contribution in [-0.2, 0) is 9.53 Å². The van der Waals surface area contributed by atoms with E-state index in [0.717, 1.165) is 5.57 Å². The molecule has 0 bridgehead atoms. The van der Waals surface area contributed by atoms with Crippen molar-refractivity contribution in [2.75, 3.05) is 6.61 Å². The minimum Gasteiger partial charge on any atom is -0.457 e. The van der Waals surface area contributed by atoms with Gasteiger partial charge in [0, 0.05) is 5.57 Å². The SMILES string of the molecule is C=C/C(=C\C=C/C)COC(=O)C(=C)C. The van der Waals surface area contributed by atoms with Gasteiger partial charge in [-0.15, -0.1) is 0 Å². The van der Waals surface area contributed by atoms with Gasteiger partial charge in [0.05, 0.1) is 0 Å². The molecule has 0 aliphatic rings. The Hall–Kier alpha value is -1.57. The lowest BCUT2D eigenvalue weighted by atomic mass is 10.2. The Morgan fingerprint density at radius 2 is 2.14 bits per heavy atom. The summed E-state index contributed by atoms with van der Waals surface area (Å²) >= 11 is 0. The molecular formula is C12H16O2. The van der Waals surface area contributed by atoms with Crippen LogP contribution in [-0.4, -0.2) is 12.6 Å². The van der Waals surface area contributed by atoms with Crippen LogP contribution in [0.1, 0.15) is 13.8 Å². The van der Waals surface area contributed by atoms with Crippen LogP contribution in [0.15, 0.2) is 48.6 Å². The fraction of sp³-hybridized carbons (Fsp3) is 0.250. The lowest BCUT2D eigenvalue weighted by Crippen LogP contribution is -2.07. The Morgan fingerprint density at radius 1 is 1.50 bits per heavy atom. The van der Waals surface area contributed by atoms with E-state index in [1.165, 1.54) is 0 Å². The summed E-state index contributed by atoms with van der Waals surface area (Å²) in [5, 5.41) is 0. The Balaban J connectivity index is 4.15. The van der Waals surface area contributed by atoms with Gasteiger partial charge in [-0.25, -0.2) is 4.79 Å². The van der Waals surface area contributed by atoms with E-state index in [1.54, 1.807) is 13.0 Å². The van der Waals surface area contributed by atoms with Crippen molar-refractivity contribution in [3.63, 3.8) is 0 Å². The predicted molar refractivity (Wildman–Crippen MR) is 58.9 cm³/mol. The largest absolute Gasteiger partial charge is 0.457 e. The highest BCUT2D eigenvalue weighted by Gasteiger charge is 2.02. The molecule has 0 aromatic carbocycles. The molecule has 2 nitrogen and oxygen atoms in total. The van der Waals surface area contributed by atoms with E-state index in [4.69, 9.17) is 4.74 Å². The third-order valence-electron chi connectivity index (χ3n) is 1.48. The second-order valence-electron chi connectivity index (χ2n) is 2.83. The summed E-state index contributed by atoms with van der Waals surface area (Å²) in [6.07, 6.45) is 7.26. The van der Waals surface area contributed by atoms with Crippen molar-refractivity contribution in [2.24, 2.45) is 0 Å². The number of hydrogen-bond donors (Lipinski definition) is 0. The second kappa shape index (κ2) is 6.89. The molecule has 0 aromatic heterocycles. The van der Waals surface area contributed by atoms with Crippen LogP contribution in [0.25, 0.3) is 0 Å². The molecule has 0 saturated carbocycles. The van der Waals surface area contributed by atoms with E-state index in [-0.39, 0.29) is 12.6 Å². The summed E-state index contributed by atoms with van der Waals surface area (Å²) < 4.78 is 4.94. The van der Waals surface area contributed by atoms with E-state index < -0.39 is 0 Å². The summed E-state index contributed by atoms with van der Waals surface area (Å²) in [5.41, 5.74) is 1.26. The maximum absolute atomic E-state index is 11.0. The van der Waals surface area contributed by atoms with Crippen LogP contribution in [0.3, 0.4) is 0 Å². The summed E-state index contributed by atoms with van der Waals surface area (Å²) in [4.78, 5) is 11.0. The number of carbonyl (C=O) groups is 1. The van der Waals surface area contributed by atoms with Crippen LogP contribution in [0.5, 0.6) is 0 Å². The number of esters is 1. The Bertz CT molecular complexity index is 283. The van der Waals surface area contributed by atoms with Crippen LogP contribution in [0.4, 0.5) is 0 Å². The molecule has 0 amide bonds. The van der Waals surface area contributed by atoms with Crippen LogP contribution < -0.4 is 0 Å². The molecule has 0 aliphatic carbocycles. The second-order valence-corrected chi connectivity index (χ2v) is 2.83. The molecule has 0 fully saturated rings. The third kappa shape index (κ3) is 5.14. The van der Waals surface area contributed by atoms with Gasteiger partial charge in [0.1, 0.15) is 6.61 Å². The minimum atomic E-state index is -0.377. The Morgan fingerprint density at radius 3 is 2.57 bits per heavy atom. The van der Waals surface area contributed by atoms with Gasteiger partial charge in [-0.3, -0.25) is 0 Å². The zero-order chi connectivity index (χ0) is 11.0. The lowest BCUT2D eigenvalue weighted by molar-refractivity contribution is -0.137. The van der Waals surface area contributed by atoms with Crippen LogP contribution in [0, 0.1) is 0 Å². The highest BCUT2D eigenvalue weighted by Crippen LogP contribution is 2.00. The monoisotopic (exact) mass is 192 g/mol. The lowest BCUT2D eigenvalue weighted by Gasteiger charge is -2.03. The van der Waals surface area contributed by atoms with Gasteiger partial charge in [0.15, 0.2) is 0 Å². The smallest absolute Gasteiger partial charge is 0.333 e. The summed E-state index contributed by atoms with van der Waals surface area (Å²) in [6, 6.07) is 0. The molecule has 0 heterocycles. The summed E-state index contributed by atoms with van der Waals surface area (Å²) in [5.74, 6) is -0.377. The van der Waals surface area contributed by atoms with E-state index in [2.05, 4.69) is 13.2 Å². The van der Waals surface area contributed by atoms with Gasteiger partial charge in [0.25, 0.3) is 0 Å². The Labute approximate surface area is 85.3 Å². The van der Waals surface area contributed by atoms with Gasteiger partial charge in [-0.05, 0) is 19.4 Å². The zero-order valence-corrected chi connectivity index (χ0v) is 8.75. The fourth-order valence-electron chi connectivity index (χ4n) is 0.667. The molecule has 76 valence electrons. The van der Waals surface area contributed by atoms with Gasteiger partial charge < -0.3 is 4.74 Å². The van der Waals surface area contributed by atoms with Crippen molar-refractivity contribution < 1.29 is 9.53 Å². The molecular weight excluding hydrogens is 176 g/mol. The maximum Gasteiger partial charge on any atom is 0.333 e. The average Bonchev–Trinajstić information content (AvgIpc) is 2.17. The summed E-state index contributed by atoms with van der Waals surface area (Å²) in [6.45, 7) is 10.9. The van der Waals surface area contributed by atoms with Crippen molar-refractivity contribution >= 4 is 5.97 Å². The molecule has 14 heavy (non-hydrogen) atoms. The van der Waals surface area contributed by atoms with E-state index in [0.29, 0.717) is 5.57 Å². The standard InChI is InChI=1S/C12H16O2/c1-5-7-8-11(6-2)9-14-12(13)10(3)4/h5-8H,2-3,9H2,1,4H3/b7-5-,11-8+. The van der Waals surface area contributed by atoms with Crippen molar-refractivity contribution in [3.8, 4) is 0 Å². The predicted octanol–water partition coefficient (Wildman–Crippen LogP) is 2.79. The van der Waals surface area contributed by atoms with Crippen molar-refractivity contribution in [2.45, 2.75) is 13.8 Å². The topological polar surface area (TPSA) is 26.3 Å². The first-order valence-corrected chi connectivity index (χ1v) is 4.38. The van der Waals surface area contributed by atoms with Crippen molar-refractivity contribution in [1.82, 2.24) is 0 Å². The van der Waals surface area contributed by atoms with Crippen molar-refractivity contribution in [1.29, 1.82) is 0 Å². The van der Waals surface area contributed by atoms with Crippen LogP contribution in [0.2, 0.25) is 0 Å². The molecule has 0 unspecified atom stereocenters. The first-order valence-electron chi connectivity index (χ1n) is 4.38. The van der Waals surface area contributed by atoms with E-state index >= 15 is 0 Å². The molecule has 0 saturated heterocycles. The molecule has 0 N–H and O–H groups in total.